The zero-order valence-corrected chi connectivity index (χ0v) is 16.3. The zero-order valence-electron chi connectivity index (χ0n) is 15.5. The molecule has 8 heteroatoms. The van der Waals surface area contributed by atoms with Crippen molar-refractivity contribution in [1.29, 1.82) is 0 Å². The van der Waals surface area contributed by atoms with Crippen molar-refractivity contribution in [2.45, 2.75) is 46.6 Å². The molecule has 2 aromatic rings. The SMILES string of the molecule is CCC(CC)(CN)C(=O)NC(C)c1nc(-c2ccc(C)c(F)c2)no1.Cl. The molecule has 0 saturated heterocycles. The van der Waals surface area contributed by atoms with Gasteiger partial charge in [-0.25, -0.2) is 4.39 Å². The quantitative estimate of drug-likeness (QED) is 0.761. The van der Waals surface area contributed by atoms with Crippen molar-refractivity contribution in [1.82, 2.24) is 15.5 Å². The monoisotopic (exact) mass is 384 g/mol. The number of amides is 1. The summed E-state index contributed by atoms with van der Waals surface area (Å²) in [7, 11) is 0. The van der Waals surface area contributed by atoms with Crippen LogP contribution in [0, 0.1) is 18.2 Å². The second-order valence-corrected chi connectivity index (χ2v) is 6.31. The van der Waals surface area contributed by atoms with Gasteiger partial charge in [0.15, 0.2) is 0 Å². The number of rotatable bonds is 7. The van der Waals surface area contributed by atoms with Gasteiger partial charge >= 0.3 is 0 Å². The molecule has 0 aliphatic rings. The largest absolute Gasteiger partial charge is 0.344 e. The molecule has 1 heterocycles. The van der Waals surface area contributed by atoms with E-state index >= 15 is 0 Å². The minimum atomic E-state index is -0.600. The van der Waals surface area contributed by atoms with Crippen LogP contribution in [0.5, 0.6) is 0 Å². The predicted molar refractivity (Wildman–Crippen MR) is 100 cm³/mol. The average Bonchev–Trinajstić information content (AvgIpc) is 3.09. The lowest BCUT2D eigenvalue weighted by Gasteiger charge is -2.29. The van der Waals surface area contributed by atoms with Gasteiger partial charge in [-0.2, -0.15) is 4.98 Å². The fraction of sp³-hybridized carbons (Fsp3) is 0.500. The summed E-state index contributed by atoms with van der Waals surface area (Å²) in [4.78, 5) is 16.8. The highest BCUT2D eigenvalue weighted by Gasteiger charge is 2.34. The predicted octanol–water partition coefficient (Wildman–Crippen LogP) is 3.55. The van der Waals surface area contributed by atoms with Crippen molar-refractivity contribution in [3.05, 3.63) is 35.5 Å². The van der Waals surface area contributed by atoms with E-state index in [1.54, 1.807) is 26.0 Å². The molecule has 0 radical (unpaired) electrons. The topological polar surface area (TPSA) is 94.0 Å². The number of aryl methyl sites for hydroxylation is 1. The first-order valence-electron chi connectivity index (χ1n) is 8.48. The van der Waals surface area contributed by atoms with E-state index in [4.69, 9.17) is 10.3 Å². The molecule has 0 aliphatic carbocycles. The van der Waals surface area contributed by atoms with Gasteiger partial charge in [-0.05, 0) is 38.3 Å². The third kappa shape index (κ3) is 4.40. The van der Waals surface area contributed by atoms with Crippen molar-refractivity contribution >= 4 is 18.3 Å². The highest BCUT2D eigenvalue weighted by Crippen LogP contribution is 2.27. The Morgan fingerprint density at radius 1 is 1.38 bits per heavy atom. The maximum Gasteiger partial charge on any atom is 0.249 e. The van der Waals surface area contributed by atoms with Gasteiger partial charge in [-0.1, -0.05) is 31.1 Å². The van der Waals surface area contributed by atoms with Gasteiger partial charge in [-0.15, -0.1) is 12.4 Å². The number of carbonyl (C=O) groups is 1. The maximum atomic E-state index is 13.7. The van der Waals surface area contributed by atoms with Crippen LogP contribution in [0.4, 0.5) is 4.39 Å². The normalized spacial score (nSPS) is 12.4. The second kappa shape index (κ2) is 9.09. The first-order chi connectivity index (χ1) is 11.9. The van der Waals surface area contributed by atoms with E-state index in [-0.39, 0.29) is 42.4 Å². The number of nitrogens with one attached hydrogen (secondary N) is 1. The summed E-state index contributed by atoms with van der Waals surface area (Å²) in [6.07, 6.45) is 1.30. The lowest BCUT2D eigenvalue weighted by Crippen LogP contribution is -2.46. The molecule has 1 unspecified atom stereocenters. The summed E-state index contributed by atoms with van der Waals surface area (Å²) in [5.41, 5.74) is 6.27. The van der Waals surface area contributed by atoms with E-state index in [1.807, 2.05) is 13.8 Å². The van der Waals surface area contributed by atoms with Crippen LogP contribution in [0.3, 0.4) is 0 Å². The molecule has 1 aromatic heterocycles. The molecular formula is C18H26ClFN4O2. The van der Waals surface area contributed by atoms with E-state index in [0.717, 1.165) is 0 Å². The summed E-state index contributed by atoms with van der Waals surface area (Å²) in [6, 6.07) is 4.28. The van der Waals surface area contributed by atoms with E-state index < -0.39 is 11.5 Å². The second-order valence-electron chi connectivity index (χ2n) is 6.31. The Kier molecular flexibility index (Phi) is 7.71. The number of carbonyl (C=O) groups excluding carboxylic acids is 1. The number of nitrogens with two attached hydrogens (primary N) is 1. The Morgan fingerprint density at radius 3 is 2.58 bits per heavy atom. The third-order valence-electron chi connectivity index (χ3n) is 4.82. The number of aromatic nitrogens is 2. The number of halogens is 2. The van der Waals surface area contributed by atoms with Gasteiger partial charge in [0.1, 0.15) is 11.9 Å². The molecule has 1 amide bonds. The smallest absolute Gasteiger partial charge is 0.249 e. The lowest BCUT2D eigenvalue weighted by atomic mass is 9.81. The lowest BCUT2D eigenvalue weighted by molar-refractivity contribution is -0.131. The summed E-state index contributed by atoms with van der Waals surface area (Å²) < 4.78 is 18.9. The van der Waals surface area contributed by atoms with Crippen molar-refractivity contribution in [2.24, 2.45) is 11.1 Å². The summed E-state index contributed by atoms with van der Waals surface area (Å²) >= 11 is 0. The molecule has 1 aromatic carbocycles. The molecule has 0 fully saturated rings. The minimum absolute atomic E-state index is 0. The van der Waals surface area contributed by atoms with E-state index in [0.29, 0.717) is 24.0 Å². The van der Waals surface area contributed by atoms with Crippen molar-refractivity contribution in [3.8, 4) is 11.4 Å². The Bertz CT molecular complexity index is 738. The molecular weight excluding hydrogens is 359 g/mol. The van der Waals surface area contributed by atoms with Crippen LogP contribution in [-0.4, -0.2) is 22.6 Å². The summed E-state index contributed by atoms with van der Waals surface area (Å²) in [5, 5.41) is 6.77. The molecule has 1 atom stereocenters. The van der Waals surface area contributed by atoms with Crippen molar-refractivity contribution in [2.75, 3.05) is 6.54 Å². The fourth-order valence-electron chi connectivity index (χ4n) is 2.62. The van der Waals surface area contributed by atoms with Gasteiger partial charge in [0.05, 0.1) is 5.41 Å². The molecule has 0 spiro atoms. The van der Waals surface area contributed by atoms with Crippen LogP contribution >= 0.6 is 12.4 Å². The highest BCUT2D eigenvalue weighted by atomic mass is 35.5. The van der Waals surface area contributed by atoms with Gasteiger partial charge < -0.3 is 15.6 Å². The Hall–Kier alpha value is -1.99. The first-order valence-corrected chi connectivity index (χ1v) is 8.48. The Balaban J connectivity index is 0.00000338. The first kappa shape index (κ1) is 22.1. The number of nitrogens with zero attached hydrogens (tertiary/aromatic N) is 2. The maximum absolute atomic E-state index is 13.7. The Morgan fingerprint density at radius 2 is 2.04 bits per heavy atom. The van der Waals surface area contributed by atoms with Crippen molar-refractivity contribution < 1.29 is 13.7 Å². The van der Waals surface area contributed by atoms with Gasteiger partial charge in [-0.3, -0.25) is 4.79 Å². The van der Waals surface area contributed by atoms with Crippen LogP contribution in [-0.2, 0) is 4.79 Å². The standard InChI is InChI=1S/C18H25FN4O2.ClH/c1-5-18(6-2,10-20)17(24)21-12(4)16-22-15(23-25-16)13-8-7-11(3)14(19)9-13;/h7-9,12H,5-6,10,20H2,1-4H3,(H,21,24);1H. The van der Waals surface area contributed by atoms with Gasteiger partial charge in [0, 0.05) is 12.1 Å². The summed E-state index contributed by atoms with van der Waals surface area (Å²) in [6.45, 7) is 7.60. The van der Waals surface area contributed by atoms with Crippen molar-refractivity contribution in [3.63, 3.8) is 0 Å². The van der Waals surface area contributed by atoms with Gasteiger partial charge in [0.25, 0.3) is 0 Å². The molecule has 144 valence electrons. The summed E-state index contributed by atoms with van der Waals surface area (Å²) in [5.74, 6) is 0.0889. The van der Waals surface area contributed by atoms with Crippen LogP contribution < -0.4 is 11.1 Å². The van der Waals surface area contributed by atoms with Gasteiger partial charge in [0.2, 0.25) is 17.6 Å². The molecule has 6 nitrogen and oxygen atoms in total. The van der Waals surface area contributed by atoms with Crippen LogP contribution in [0.1, 0.15) is 51.1 Å². The number of benzene rings is 1. The highest BCUT2D eigenvalue weighted by molar-refractivity contribution is 5.85. The average molecular weight is 385 g/mol. The number of hydrogen-bond acceptors (Lipinski definition) is 5. The molecule has 0 aliphatic heterocycles. The van der Waals surface area contributed by atoms with E-state index in [1.165, 1.54) is 6.07 Å². The number of hydrogen-bond donors (Lipinski definition) is 2. The third-order valence-corrected chi connectivity index (χ3v) is 4.82. The van der Waals surface area contributed by atoms with Crippen LogP contribution in [0.15, 0.2) is 22.7 Å². The molecule has 2 rings (SSSR count). The molecule has 0 bridgehead atoms. The Labute approximate surface area is 159 Å². The van der Waals surface area contributed by atoms with E-state index in [2.05, 4.69) is 15.5 Å². The van der Waals surface area contributed by atoms with Crippen LogP contribution in [0.2, 0.25) is 0 Å². The molecule has 0 saturated carbocycles. The van der Waals surface area contributed by atoms with E-state index in [9.17, 15) is 9.18 Å². The van der Waals surface area contributed by atoms with Crippen LogP contribution in [0.25, 0.3) is 11.4 Å². The molecule has 26 heavy (non-hydrogen) atoms. The molecule has 3 N–H and O–H groups in total. The zero-order chi connectivity index (χ0) is 18.6. The minimum Gasteiger partial charge on any atom is -0.344 e. The fourth-order valence-corrected chi connectivity index (χ4v) is 2.62.